The fourth-order valence-electron chi connectivity index (χ4n) is 8.34. The molecule has 0 saturated heterocycles. The lowest BCUT2D eigenvalue weighted by Crippen LogP contribution is -2.49. The van der Waals surface area contributed by atoms with Gasteiger partial charge >= 0.3 is 0 Å². The largest absolute Gasteiger partial charge is 0.300 e. The van der Waals surface area contributed by atoms with Crippen molar-refractivity contribution in [1.29, 1.82) is 0 Å². The molecule has 0 bridgehead atoms. The Morgan fingerprint density at radius 3 is 2.41 bits per heavy atom. The summed E-state index contributed by atoms with van der Waals surface area (Å²) in [6.07, 6.45) is 15.1. The molecule has 0 heterocycles. The first-order chi connectivity index (χ1) is 13.7. The van der Waals surface area contributed by atoms with Crippen molar-refractivity contribution in [2.75, 3.05) is 0 Å². The van der Waals surface area contributed by atoms with Gasteiger partial charge in [-0.15, -0.1) is 0 Å². The van der Waals surface area contributed by atoms with Gasteiger partial charge in [0.1, 0.15) is 5.78 Å². The van der Waals surface area contributed by atoms with E-state index < -0.39 is 0 Å². The van der Waals surface area contributed by atoms with Gasteiger partial charge in [-0.25, -0.2) is 0 Å². The third kappa shape index (κ3) is 3.57. The second-order valence-corrected chi connectivity index (χ2v) is 12.5. The molecule has 4 rings (SSSR count). The first-order valence-electron chi connectivity index (χ1n) is 12.9. The van der Waals surface area contributed by atoms with E-state index in [0.717, 1.165) is 54.8 Å². The monoisotopic (exact) mass is 398 g/mol. The predicted molar refractivity (Wildman–Crippen MR) is 123 cm³/mol. The van der Waals surface area contributed by atoms with E-state index in [1.807, 2.05) is 5.57 Å². The molecule has 0 aliphatic heterocycles. The molecule has 0 radical (unpaired) electrons. The SMILES string of the molecule is CC(C)[C@@H](C)CC[C@@H](C)[C@@H]1CC[C@@H]2C3=CC[C@@H]4CC(=O)CC[C@@]4(C)[C@@H]3CC[C@@]21C. The van der Waals surface area contributed by atoms with Crippen molar-refractivity contribution in [3.8, 4) is 0 Å². The minimum atomic E-state index is 0.399. The summed E-state index contributed by atoms with van der Waals surface area (Å²) in [5.41, 5.74) is 2.77. The van der Waals surface area contributed by atoms with E-state index in [1.165, 1.54) is 44.9 Å². The Morgan fingerprint density at radius 1 is 0.966 bits per heavy atom. The number of allylic oxidation sites excluding steroid dienone is 2. The van der Waals surface area contributed by atoms with Gasteiger partial charge in [-0.1, -0.05) is 66.0 Å². The van der Waals surface area contributed by atoms with Crippen molar-refractivity contribution in [1.82, 2.24) is 0 Å². The van der Waals surface area contributed by atoms with Crippen molar-refractivity contribution in [3.05, 3.63) is 11.6 Å². The van der Waals surface area contributed by atoms with Crippen LogP contribution in [0.15, 0.2) is 11.6 Å². The zero-order valence-corrected chi connectivity index (χ0v) is 20.1. The van der Waals surface area contributed by atoms with E-state index in [0.29, 0.717) is 22.5 Å². The maximum atomic E-state index is 12.1. The summed E-state index contributed by atoms with van der Waals surface area (Å²) >= 11 is 0. The van der Waals surface area contributed by atoms with Gasteiger partial charge in [-0.2, -0.15) is 0 Å². The van der Waals surface area contributed by atoms with Crippen LogP contribution in [0.25, 0.3) is 0 Å². The van der Waals surface area contributed by atoms with Crippen LogP contribution in [0.2, 0.25) is 0 Å². The summed E-state index contributed by atoms with van der Waals surface area (Å²) in [5.74, 6) is 6.17. The normalized spacial score (nSPS) is 44.0. The van der Waals surface area contributed by atoms with Crippen molar-refractivity contribution in [3.63, 3.8) is 0 Å². The van der Waals surface area contributed by atoms with Gasteiger partial charge in [-0.05, 0) is 90.8 Å². The van der Waals surface area contributed by atoms with Crippen LogP contribution >= 0.6 is 0 Å². The van der Waals surface area contributed by atoms with Crippen LogP contribution in [0.1, 0.15) is 106 Å². The lowest BCUT2D eigenvalue weighted by atomic mass is 9.47. The highest BCUT2D eigenvalue weighted by Crippen LogP contribution is 2.66. The van der Waals surface area contributed by atoms with Crippen LogP contribution in [-0.4, -0.2) is 5.78 Å². The van der Waals surface area contributed by atoms with Crippen molar-refractivity contribution in [2.24, 2.45) is 52.3 Å². The average Bonchev–Trinajstić information content (AvgIpc) is 3.03. The molecule has 0 aromatic heterocycles. The maximum absolute atomic E-state index is 12.1. The number of hydrogen-bond acceptors (Lipinski definition) is 1. The van der Waals surface area contributed by atoms with Crippen LogP contribution < -0.4 is 0 Å². The Balaban J connectivity index is 1.50. The molecule has 4 aliphatic carbocycles. The summed E-state index contributed by atoms with van der Waals surface area (Å²) in [5, 5.41) is 0. The molecular weight excluding hydrogens is 352 g/mol. The fraction of sp³-hybridized carbons (Fsp3) is 0.893. The number of fused-ring (bicyclic) bond motifs is 5. The lowest BCUT2D eigenvalue weighted by Gasteiger charge is -2.57. The number of carbonyl (C=O) groups is 1. The first kappa shape index (κ1) is 21.6. The van der Waals surface area contributed by atoms with E-state index in [2.05, 4.69) is 47.6 Å². The fourth-order valence-corrected chi connectivity index (χ4v) is 8.34. The summed E-state index contributed by atoms with van der Waals surface area (Å²) < 4.78 is 0. The highest BCUT2D eigenvalue weighted by molar-refractivity contribution is 5.79. The van der Waals surface area contributed by atoms with Crippen LogP contribution in [0.4, 0.5) is 0 Å². The Kier molecular flexibility index (Phi) is 5.84. The molecule has 8 atom stereocenters. The molecule has 3 fully saturated rings. The number of hydrogen-bond donors (Lipinski definition) is 0. The second-order valence-electron chi connectivity index (χ2n) is 12.5. The topological polar surface area (TPSA) is 17.1 Å². The first-order valence-corrected chi connectivity index (χ1v) is 12.9. The third-order valence-corrected chi connectivity index (χ3v) is 10.9. The predicted octanol–water partition coefficient (Wildman–Crippen LogP) is 7.84. The van der Waals surface area contributed by atoms with Crippen molar-refractivity contribution in [2.45, 2.75) is 106 Å². The second kappa shape index (κ2) is 7.83. The summed E-state index contributed by atoms with van der Waals surface area (Å²) in [6.45, 7) is 15.0. The molecule has 164 valence electrons. The van der Waals surface area contributed by atoms with Gasteiger partial charge in [0, 0.05) is 12.8 Å². The standard InChI is InChI=1S/C28H46O/c1-18(2)19(3)7-8-20(4)24-11-12-25-23-10-9-21-17-22(29)13-15-27(21,5)26(23)14-16-28(24,25)6/h10,18-21,24-26H,7-9,11-17H2,1-6H3/t19-,20+,21+,24-,25+,26+,27+,28+/m0/s1. The Morgan fingerprint density at radius 2 is 1.69 bits per heavy atom. The number of carbonyl (C=O) groups excluding carboxylic acids is 1. The maximum Gasteiger partial charge on any atom is 0.133 e. The summed E-state index contributed by atoms with van der Waals surface area (Å²) in [4.78, 5) is 12.1. The quantitative estimate of drug-likeness (QED) is 0.431. The minimum Gasteiger partial charge on any atom is -0.300 e. The molecule has 0 N–H and O–H groups in total. The molecule has 3 saturated carbocycles. The number of ketones is 1. The summed E-state index contributed by atoms with van der Waals surface area (Å²) in [7, 11) is 0. The molecule has 0 aromatic carbocycles. The molecular formula is C28H46O. The van der Waals surface area contributed by atoms with Gasteiger partial charge in [-0.3, -0.25) is 4.79 Å². The number of Topliss-reactive ketones (excluding diaryl/α,β-unsaturated/α-hetero) is 1. The smallest absolute Gasteiger partial charge is 0.133 e. The van der Waals surface area contributed by atoms with E-state index in [1.54, 1.807) is 0 Å². The van der Waals surface area contributed by atoms with E-state index in [4.69, 9.17) is 0 Å². The van der Waals surface area contributed by atoms with Gasteiger partial charge in [0.2, 0.25) is 0 Å². The van der Waals surface area contributed by atoms with Crippen LogP contribution in [0.5, 0.6) is 0 Å². The lowest BCUT2D eigenvalue weighted by molar-refractivity contribution is -0.127. The molecule has 1 nitrogen and oxygen atoms in total. The molecule has 4 aliphatic rings. The Labute approximate surface area is 180 Å². The van der Waals surface area contributed by atoms with Crippen molar-refractivity contribution >= 4 is 5.78 Å². The average molecular weight is 399 g/mol. The van der Waals surface area contributed by atoms with Gasteiger partial charge in [0.15, 0.2) is 0 Å². The highest BCUT2D eigenvalue weighted by Gasteiger charge is 2.58. The van der Waals surface area contributed by atoms with Gasteiger partial charge in [0.25, 0.3) is 0 Å². The van der Waals surface area contributed by atoms with E-state index in [-0.39, 0.29) is 0 Å². The van der Waals surface area contributed by atoms with Gasteiger partial charge in [0.05, 0.1) is 0 Å². The van der Waals surface area contributed by atoms with Crippen LogP contribution in [0.3, 0.4) is 0 Å². The van der Waals surface area contributed by atoms with Crippen LogP contribution in [-0.2, 0) is 4.79 Å². The molecule has 0 aromatic rings. The van der Waals surface area contributed by atoms with Gasteiger partial charge < -0.3 is 0 Å². The Bertz CT molecular complexity index is 659. The molecule has 0 amide bonds. The third-order valence-electron chi connectivity index (χ3n) is 10.9. The van der Waals surface area contributed by atoms with Crippen molar-refractivity contribution < 1.29 is 4.79 Å². The van der Waals surface area contributed by atoms with Crippen LogP contribution in [0, 0.1) is 52.3 Å². The van der Waals surface area contributed by atoms with E-state index >= 15 is 0 Å². The van der Waals surface area contributed by atoms with E-state index in [9.17, 15) is 4.79 Å². The molecule has 0 unspecified atom stereocenters. The zero-order chi connectivity index (χ0) is 21.0. The number of rotatable bonds is 5. The Hall–Kier alpha value is -0.590. The summed E-state index contributed by atoms with van der Waals surface area (Å²) in [6, 6.07) is 0. The molecule has 0 spiro atoms. The molecule has 1 heteroatoms. The zero-order valence-electron chi connectivity index (χ0n) is 20.1. The minimum absolute atomic E-state index is 0.399. The molecule has 29 heavy (non-hydrogen) atoms. The highest BCUT2D eigenvalue weighted by atomic mass is 16.1.